The van der Waals surface area contributed by atoms with Gasteiger partial charge in [0.1, 0.15) is 12.2 Å². The van der Waals surface area contributed by atoms with E-state index < -0.39 is 26.6 Å². The third-order valence-corrected chi connectivity index (χ3v) is 12.2. The predicted octanol–water partition coefficient (Wildman–Crippen LogP) is 6.36. The molecular weight excluding hydrogens is 388 g/mol. The summed E-state index contributed by atoms with van der Waals surface area (Å²) in [4.78, 5) is 0. The van der Waals surface area contributed by atoms with Gasteiger partial charge in [0.2, 0.25) is 8.32 Å². The highest BCUT2D eigenvalue weighted by molar-refractivity contribution is 6.77. The Balaban J connectivity index is 2.43. The Morgan fingerprint density at radius 2 is 1.20 bits per heavy atom. The molecule has 0 bridgehead atoms. The fourth-order valence-electron chi connectivity index (χ4n) is 4.66. The van der Waals surface area contributed by atoms with Crippen LogP contribution in [0.15, 0.2) is 66.7 Å². The topological polar surface area (TPSA) is 49.7 Å². The van der Waals surface area contributed by atoms with Crippen molar-refractivity contribution in [1.82, 2.24) is 0 Å². The Hall–Kier alpha value is -1.72. The number of hydrogen-bond acceptors (Lipinski definition) is 3. The van der Waals surface area contributed by atoms with Crippen LogP contribution in [0, 0.1) is 0 Å². The maximum atomic E-state index is 11.2. The molecule has 2 rings (SSSR count). The zero-order valence-corrected chi connectivity index (χ0v) is 20.2. The molecule has 3 atom stereocenters. The summed E-state index contributed by atoms with van der Waals surface area (Å²) in [5, 5.41) is 22.1. The Kier molecular flexibility index (Phi) is 9.04. The second-order valence-electron chi connectivity index (χ2n) is 9.02. The van der Waals surface area contributed by atoms with E-state index in [1.165, 1.54) is 0 Å². The molecule has 0 unspecified atom stereocenters. The van der Waals surface area contributed by atoms with Crippen molar-refractivity contribution in [1.29, 1.82) is 0 Å². The molecule has 0 aliphatic heterocycles. The molecule has 2 aromatic rings. The average molecular weight is 427 g/mol. The second kappa shape index (κ2) is 11.1. The van der Waals surface area contributed by atoms with Crippen LogP contribution in [-0.2, 0) is 4.43 Å². The van der Waals surface area contributed by atoms with Crippen molar-refractivity contribution in [2.75, 3.05) is 0 Å². The van der Waals surface area contributed by atoms with Crippen LogP contribution in [0.25, 0.3) is 6.08 Å². The van der Waals surface area contributed by atoms with E-state index >= 15 is 0 Å². The summed E-state index contributed by atoms with van der Waals surface area (Å²) < 4.78 is 6.89. The fraction of sp³-hybridized carbons (Fsp3) is 0.462. The van der Waals surface area contributed by atoms with Gasteiger partial charge in [0.15, 0.2) is 0 Å². The summed E-state index contributed by atoms with van der Waals surface area (Å²) >= 11 is 0. The molecule has 0 spiro atoms. The van der Waals surface area contributed by atoms with Crippen molar-refractivity contribution in [3.8, 4) is 0 Å². The van der Waals surface area contributed by atoms with E-state index in [1.54, 1.807) is 0 Å². The molecule has 3 nitrogen and oxygen atoms in total. The molecule has 2 aromatic carbocycles. The van der Waals surface area contributed by atoms with Crippen molar-refractivity contribution in [3.05, 3.63) is 77.9 Å². The van der Waals surface area contributed by atoms with Crippen LogP contribution in [-0.4, -0.2) is 30.7 Å². The van der Waals surface area contributed by atoms with E-state index in [-0.39, 0.29) is 0 Å². The Bertz CT molecular complexity index is 750. The highest BCUT2D eigenvalue weighted by atomic mass is 28.4. The van der Waals surface area contributed by atoms with Gasteiger partial charge in [0, 0.05) is 0 Å². The molecule has 0 saturated heterocycles. The summed E-state index contributed by atoms with van der Waals surface area (Å²) in [6.07, 6.45) is 1.22. The number of hydrogen-bond donors (Lipinski definition) is 2. The third-order valence-electron chi connectivity index (χ3n) is 6.13. The molecule has 0 amide bonds. The monoisotopic (exact) mass is 426 g/mol. The van der Waals surface area contributed by atoms with Crippen molar-refractivity contribution in [2.45, 2.75) is 76.5 Å². The molecule has 164 valence electrons. The smallest absolute Gasteiger partial charge is 0.201 e. The minimum atomic E-state index is -2.26. The summed E-state index contributed by atoms with van der Waals surface area (Å²) in [5.74, 6) is 0. The average Bonchev–Trinajstić information content (AvgIpc) is 2.73. The first-order valence-electron chi connectivity index (χ1n) is 11.0. The van der Waals surface area contributed by atoms with Gasteiger partial charge in [-0.25, -0.2) is 0 Å². The summed E-state index contributed by atoms with van der Waals surface area (Å²) in [6, 6.07) is 19.3. The molecule has 30 heavy (non-hydrogen) atoms. The van der Waals surface area contributed by atoms with Gasteiger partial charge in [0.05, 0.1) is 6.10 Å². The van der Waals surface area contributed by atoms with Gasteiger partial charge in [0.25, 0.3) is 0 Å². The lowest BCUT2D eigenvalue weighted by molar-refractivity contribution is -0.0388. The number of aliphatic hydroxyl groups excluding tert-OH is 2. The van der Waals surface area contributed by atoms with Gasteiger partial charge in [-0.1, -0.05) is 114 Å². The van der Waals surface area contributed by atoms with Crippen LogP contribution in [0.1, 0.15) is 58.8 Å². The quantitative estimate of drug-likeness (QED) is 0.435. The number of benzene rings is 2. The summed E-state index contributed by atoms with van der Waals surface area (Å²) in [6.45, 7) is 13.4. The van der Waals surface area contributed by atoms with E-state index in [4.69, 9.17) is 4.43 Å². The highest BCUT2D eigenvalue weighted by Crippen LogP contribution is 2.44. The SMILES string of the molecule is CC(C)[Si](O[C@@H](/C=C/c1ccccc1)[C@@H](O)[C@@H](O)c1ccccc1)(C(C)C)C(C)C. The normalized spacial score (nSPS) is 15.8. The lowest BCUT2D eigenvalue weighted by Gasteiger charge is -2.45. The molecule has 0 saturated carbocycles. The summed E-state index contributed by atoms with van der Waals surface area (Å²) in [7, 11) is -2.26. The van der Waals surface area contributed by atoms with Gasteiger partial charge in [-0.2, -0.15) is 0 Å². The van der Waals surface area contributed by atoms with Gasteiger partial charge >= 0.3 is 0 Å². The first-order chi connectivity index (χ1) is 14.2. The van der Waals surface area contributed by atoms with E-state index in [0.717, 1.165) is 5.56 Å². The van der Waals surface area contributed by atoms with E-state index in [2.05, 4.69) is 41.5 Å². The molecule has 0 aliphatic carbocycles. The Morgan fingerprint density at radius 1 is 0.733 bits per heavy atom. The molecular formula is C26H38O3Si. The Labute approximate surface area is 183 Å². The number of rotatable bonds is 10. The predicted molar refractivity (Wildman–Crippen MR) is 129 cm³/mol. The van der Waals surface area contributed by atoms with Crippen LogP contribution < -0.4 is 0 Å². The molecule has 0 aromatic heterocycles. The van der Waals surface area contributed by atoms with Crippen molar-refractivity contribution in [3.63, 3.8) is 0 Å². The van der Waals surface area contributed by atoms with E-state index in [0.29, 0.717) is 22.2 Å². The van der Waals surface area contributed by atoms with Gasteiger partial charge < -0.3 is 14.6 Å². The van der Waals surface area contributed by atoms with E-state index in [1.807, 2.05) is 72.8 Å². The van der Waals surface area contributed by atoms with Gasteiger partial charge in [-0.15, -0.1) is 0 Å². The van der Waals surface area contributed by atoms with Crippen LogP contribution in [0.4, 0.5) is 0 Å². The van der Waals surface area contributed by atoms with Crippen molar-refractivity contribution in [2.24, 2.45) is 0 Å². The zero-order valence-electron chi connectivity index (χ0n) is 19.2. The zero-order chi connectivity index (χ0) is 22.3. The molecule has 4 heteroatoms. The molecule has 2 N–H and O–H groups in total. The lowest BCUT2D eigenvalue weighted by atomic mass is 10.00. The highest BCUT2D eigenvalue weighted by Gasteiger charge is 2.47. The van der Waals surface area contributed by atoms with E-state index in [9.17, 15) is 10.2 Å². The molecule has 0 heterocycles. The van der Waals surface area contributed by atoms with Gasteiger partial charge in [-0.05, 0) is 27.8 Å². The first-order valence-corrected chi connectivity index (χ1v) is 13.2. The third kappa shape index (κ3) is 5.70. The molecule has 0 radical (unpaired) electrons. The largest absolute Gasteiger partial charge is 0.407 e. The lowest BCUT2D eigenvalue weighted by Crippen LogP contribution is -2.52. The summed E-state index contributed by atoms with van der Waals surface area (Å²) in [5.41, 5.74) is 2.87. The van der Waals surface area contributed by atoms with Crippen molar-refractivity contribution < 1.29 is 14.6 Å². The molecule has 0 aliphatic rings. The van der Waals surface area contributed by atoms with Crippen LogP contribution >= 0.6 is 0 Å². The standard InChI is InChI=1S/C26H38O3Si/c1-19(2)30(20(3)4,21(5)6)29-24(18-17-22-13-9-7-10-14-22)26(28)25(27)23-15-11-8-12-16-23/h7-21,24-28H,1-6H3/b18-17+/t24-,25-,26+/m0/s1. The first kappa shape index (κ1) is 24.5. The van der Waals surface area contributed by atoms with Crippen LogP contribution in [0.5, 0.6) is 0 Å². The fourth-order valence-corrected chi connectivity index (χ4v) is 10.2. The minimum absolute atomic E-state index is 0.381. The second-order valence-corrected chi connectivity index (χ2v) is 14.4. The minimum Gasteiger partial charge on any atom is -0.407 e. The molecule has 0 fully saturated rings. The number of aliphatic hydroxyl groups is 2. The van der Waals surface area contributed by atoms with Crippen LogP contribution in [0.3, 0.4) is 0 Å². The van der Waals surface area contributed by atoms with Crippen molar-refractivity contribution >= 4 is 14.4 Å². The maximum Gasteiger partial charge on any atom is 0.201 e. The maximum absolute atomic E-state index is 11.2. The Morgan fingerprint density at radius 3 is 1.67 bits per heavy atom. The van der Waals surface area contributed by atoms with Crippen LogP contribution in [0.2, 0.25) is 16.6 Å². The van der Waals surface area contributed by atoms with Gasteiger partial charge in [-0.3, -0.25) is 0 Å².